The van der Waals surface area contributed by atoms with Gasteiger partial charge in [0.15, 0.2) is 0 Å². The Morgan fingerprint density at radius 3 is 2.70 bits per heavy atom. The lowest BCUT2D eigenvalue weighted by Crippen LogP contribution is -2.35. The van der Waals surface area contributed by atoms with Crippen LogP contribution in [-0.2, 0) is 9.53 Å². The molecule has 0 saturated carbocycles. The molecule has 0 atom stereocenters. The molecule has 0 saturated heterocycles. The molecule has 1 aromatic carbocycles. The van der Waals surface area contributed by atoms with Crippen molar-refractivity contribution in [2.24, 2.45) is 5.41 Å². The van der Waals surface area contributed by atoms with E-state index in [2.05, 4.69) is 24.5 Å². The quantitative estimate of drug-likeness (QED) is 0.770. The predicted octanol–water partition coefficient (Wildman–Crippen LogP) is 2.42. The third-order valence-electron chi connectivity index (χ3n) is 3.02. The van der Waals surface area contributed by atoms with E-state index in [9.17, 15) is 9.18 Å². The predicted molar refractivity (Wildman–Crippen MR) is 78.2 cm³/mol. The third-order valence-corrected chi connectivity index (χ3v) is 3.02. The number of halogens is 1. The molecule has 0 aromatic heterocycles. The van der Waals surface area contributed by atoms with Crippen LogP contribution in [0.1, 0.15) is 20.3 Å². The molecule has 0 heterocycles. The first-order chi connectivity index (χ1) is 9.44. The van der Waals surface area contributed by atoms with Gasteiger partial charge in [0.2, 0.25) is 5.91 Å². The molecule has 1 rings (SSSR count). The number of ether oxygens (including phenoxy) is 1. The monoisotopic (exact) mass is 282 g/mol. The van der Waals surface area contributed by atoms with Crippen LogP contribution < -0.4 is 10.6 Å². The summed E-state index contributed by atoms with van der Waals surface area (Å²) in [6, 6.07) is 6.12. The molecule has 0 fully saturated rings. The molecular formula is C15H23FN2O2. The highest BCUT2D eigenvalue weighted by Gasteiger charge is 2.17. The Labute approximate surface area is 119 Å². The van der Waals surface area contributed by atoms with Crippen LogP contribution in [0.3, 0.4) is 0 Å². The van der Waals surface area contributed by atoms with Crippen molar-refractivity contribution in [1.29, 1.82) is 0 Å². The van der Waals surface area contributed by atoms with E-state index in [-0.39, 0.29) is 23.6 Å². The standard InChI is InChI=1S/C15H23FN2O2/c1-15(2,8-9-20-3)11-17-10-14(19)18-13-7-5-4-6-12(13)16/h4-7,17H,8-11H2,1-3H3,(H,18,19). The lowest BCUT2D eigenvalue weighted by molar-refractivity contribution is -0.115. The van der Waals surface area contributed by atoms with Crippen LogP contribution in [0.5, 0.6) is 0 Å². The van der Waals surface area contributed by atoms with E-state index in [4.69, 9.17) is 4.74 Å². The van der Waals surface area contributed by atoms with E-state index < -0.39 is 5.82 Å². The fourth-order valence-electron chi connectivity index (χ4n) is 1.74. The van der Waals surface area contributed by atoms with Gasteiger partial charge in [0.05, 0.1) is 12.2 Å². The van der Waals surface area contributed by atoms with E-state index in [0.717, 1.165) is 6.42 Å². The maximum atomic E-state index is 13.4. The lowest BCUT2D eigenvalue weighted by Gasteiger charge is -2.24. The maximum absolute atomic E-state index is 13.4. The van der Waals surface area contributed by atoms with Crippen LogP contribution in [0.15, 0.2) is 24.3 Å². The van der Waals surface area contributed by atoms with Gasteiger partial charge in [-0.15, -0.1) is 0 Å². The van der Waals surface area contributed by atoms with Gasteiger partial charge in [0, 0.05) is 20.3 Å². The fourth-order valence-corrected chi connectivity index (χ4v) is 1.74. The molecule has 5 heteroatoms. The normalized spacial score (nSPS) is 11.4. The summed E-state index contributed by atoms with van der Waals surface area (Å²) in [5.41, 5.74) is 0.256. The molecular weight excluding hydrogens is 259 g/mol. The molecule has 4 nitrogen and oxygen atoms in total. The zero-order chi connectivity index (χ0) is 15.0. The number of anilines is 1. The van der Waals surface area contributed by atoms with E-state index in [0.29, 0.717) is 13.2 Å². The first kappa shape index (κ1) is 16.6. The average molecular weight is 282 g/mol. The van der Waals surface area contributed by atoms with Gasteiger partial charge >= 0.3 is 0 Å². The summed E-state index contributed by atoms with van der Waals surface area (Å²) in [5, 5.41) is 5.62. The zero-order valence-electron chi connectivity index (χ0n) is 12.3. The highest BCUT2D eigenvalue weighted by Crippen LogP contribution is 2.18. The second-order valence-corrected chi connectivity index (χ2v) is 5.54. The van der Waals surface area contributed by atoms with Gasteiger partial charge < -0.3 is 15.4 Å². The number of rotatable bonds is 8. The molecule has 0 spiro atoms. The SMILES string of the molecule is COCCC(C)(C)CNCC(=O)Nc1ccccc1F. The Morgan fingerprint density at radius 1 is 1.35 bits per heavy atom. The molecule has 20 heavy (non-hydrogen) atoms. The first-order valence-corrected chi connectivity index (χ1v) is 6.69. The molecule has 0 bridgehead atoms. The van der Waals surface area contributed by atoms with Crippen molar-refractivity contribution in [1.82, 2.24) is 5.32 Å². The molecule has 0 aliphatic heterocycles. The number of nitrogens with one attached hydrogen (secondary N) is 2. The van der Waals surface area contributed by atoms with E-state index in [1.54, 1.807) is 19.2 Å². The molecule has 112 valence electrons. The van der Waals surface area contributed by atoms with Gasteiger partial charge in [-0.3, -0.25) is 4.79 Å². The van der Waals surface area contributed by atoms with Crippen molar-refractivity contribution in [3.8, 4) is 0 Å². The summed E-state index contributed by atoms with van der Waals surface area (Å²) in [4.78, 5) is 11.7. The van der Waals surface area contributed by atoms with Crippen molar-refractivity contribution in [3.63, 3.8) is 0 Å². The summed E-state index contributed by atoms with van der Waals surface area (Å²) < 4.78 is 18.4. The number of carbonyl (C=O) groups is 1. The van der Waals surface area contributed by atoms with Crippen LogP contribution in [0.2, 0.25) is 0 Å². The largest absolute Gasteiger partial charge is 0.385 e. The Morgan fingerprint density at radius 2 is 2.05 bits per heavy atom. The van der Waals surface area contributed by atoms with Crippen molar-refractivity contribution >= 4 is 11.6 Å². The first-order valence-electron chi connectivity index (χ1n) is 6.69. The minimum Gasteiger partial charge on any atom is -0.385 e. The second kappa shape index (κ2) is 7.97. The topological polar surface area (TPSA) is 50.4 Å². The van der Waals surface area contributed by atoms with Crippen LogP contribution in [0, 0.1) is 11.2 Å². The van der Waals surface area contributed by atoms with Crippen molar-refractivity contribution < 1.29 is 13.9 Å². The molecule has 0 aliphatic rings. The Balaban J connectivity index is 2.32. The Hall–Kier alpha value is -1.46. The highest BCUT2D eigenvalue weighted by atomic mass is 19.1. The number of para-hydroxylation sites is 1. The summed E-state index contributed by atoms with van der Waals surface area (Å²) in [6.07, 6.45) is 0.908. The summed E-state index contributed by atoms with van der Waals surface area (Å²) in [6.45, 7) is 5.75. The molecule has 2 N–H and O–H groups in total. The average Bonchev–Trinajstić information content (AvgIpc) is 2.39. The van der Waals surface area contributed by atoms with E-state index in [1.165, 1.54) is 12.1 Å². The molecule has 0 radical (unpaired) electrons. The number of hydrogen-bond acceptors (Lipinski definition) is 3. The molecule has 0 unspecified atom stereocenters. The molecule has 0 aliphatic carbocycles. The highest BCUT2D eigenvalue weighted by molar-refractivity contribution is 5.92. The van der Waals surface area contributed by atoms with Crippen LogP contribution in [0.4, 0.5) is 10.1 Å². The number of hydrogen-bond donors (Lipinski definition) is 2. The van der Waals surface area contributed by atoms with Crippen molar-refractivity contribution in [2.45, 2.75) is 20.3 Å². The zero-order valence-corrected chi connectivity index (χ0v) is 12.3. The minimum atomic E-state index is -0.429. The minimum absolute atomic E-state index is 0.0499. The summed E-state index contributed by atoms with van der Waals surface area (Å²) in [7, 11) is 1.67. The summed E-state index contributed by atoms with van der Waals surface area (Å²) in [5.74, 6) is -0.682. The molecule has 1 amide bonds. The van der Waals surface area contributed by atoms with Crippen molar-refractivity contribution in [3.05, 3.63) is 30.1 Å². The van der Waals surface area contributed by atoms with Gasteiger partial charge in [0.25, 0.3) is 0 Å². The van der Waals surface area contributed by atoms with Crippen LogP contribution in [0.25, 0.3) is 0 Å². The van der Waals surface area contributed by atoms with Crippen molar-refractivity contribution in [2.75, 3.05) is 32.1 Å². The number of benzene rings is 1. The Kier molecular flexibility index (Phi) is 6.61. The van der Waals surface area contributed by atoms with Gasteiger partial charge in [0.1, 0.15) is 5.82 Å². The number of carbonyl (C=O) groups excluding carboxylic acids is 1. The second-order valence-electron chi connectivity index (χ2n) is 5.54. The Bertz CT molecular complexity index is 436. The van der Waals surface area contributed by atoms with Gasteiger partial charge in [-0.1, -0.05) is 26.0 Å². The number of methoxy groups -OCH3 is 1. The molecule has 1 aromatic rings. The third kappa shape index (κ3) is 6.12. The fraction of sp³-hybridized carbons (Fsp3) is 0.533. The maximum Gasteiger partial charge on any atom is 0.238 e. The van der Waals surface area contributed by atoms with Crippen LogP contribution >= 0.6 is 0 Å². The van der Waals surface area contributed by atoms with Gasteiger partial charge in [-0.2, -0.15) is 0 Å². The number of amides is 1. The smallest absolute Gasteiger partial charge is 0.238 e. The van der Waals surface area contributed by atoms with Gasteiger partial charge in [-0.25, -0.2) is 4.39 Å². The van der Waals surface area contributed by atoms with E-state index >= 15 is 0 Å². The van der Waals surface area contributed by atoms with Crippen LogP contribution in [-0.4, -0.2) is 32.7 Å². The summed E-state index contributed by atoms with van der Waals surface area (Å²) >= 11 is 0. The van der Waals surface area contributed by atoms with Gasteiger partial charge in [-0.05, 0) is 24.0 Å². The lowest BCUT2D eigenvalue weighted by atomic mass is 9.90. The van der Waals surface area contributed by atoms with E-state index in [1.807, 2.05) is 0 Å².